The fourth-order valence-corrected chi connectivity index (χ4v) is 3.39. The smallest absolute Gasteiger partial charge is 0.193 e. The van der Waals surface area contributed by atoms with Crippen molar-refractivity contribution in [3.05, 3.63) is 0 Å². The molecule has 0 aromatic carbocycles. The first-order chi connectivity index (χ1) is 9.72. The molecule has 0 aromatic heterocycles. The molecule has 1 unspecified atom stereocenters. The third-order valence-corrected chi connectivity index (χ3v) is 4.75. The van der Waals surface area contributed by atoms with Gasteiger partial charge in [0, 0.05) is 33.2 Å². The SMILES string of the molecule is CCCN1CCC(CNC(=NC)N2CCC(C)CC2)C1. The molecule has 2 aliphatic heterocycles. The quantitative estimate of drug-likeness (QED) is 0.631. The summed E-state index contributed by atoms with van der Waals surface area (Å²) in [5.41, 5.74) is 0. The lowest BCUT2D eigenvalue weighted by molar-refractivity contribution is 0.271. The number of hydrogen-bond donors (Lipinski definition) is 1. The highest BCUT2D eigenvalue weighted by Gasteiger charge is 2.23. The van der Waals surface area contributed by atoms with Crippen LogP contribution in [0, 0.1) is 11.8 Å². The average Bonchev–Trinajstić information content (AvgIpc) is 2.89. The average molecular weight is 280 g/mol. The zero-order chi connectivity index (χ0) is 14.4. The fourth-order valence-electron chi connectivity index (χ4n) is 3.39. The first-order valence-corrected chi connectivity index (χ1v) is 8.40. The minimum absolute atomic E-state index is 0.794. The maximum Gasteiger partial charge on any atom is 0.193 e. The first kappa shape index (κ1) is 15.6. The number of rotatable bonds is 4. The molecule has 0 aromatic rings. The molecule has 2 aliphatic rings. The Kier molecular flexibility index (Phi) is 6.14. The third-order valence-electron chi connectivity index (χ3n) is 4.75. The monoisotopic (exact) mass is 280 g/mol. The van der Waals surface area contributed by atoms with Crippen LogP contribution in [0.4, 0.5) is 0 Å². The molecule has 2 heterocycles. The van der Waals surface area contributed by atoms with Crippen molar-refractivity contribution in [2.24, 2.45) is 16.8 Å². The molecule has 0 radical (unpaired) electrons. The maximum atomic E-state index is 4.47. The Morgan fingerprint density at radius 1 is 1.20 bits per heavy atom. The Hall–Kier alpha value is -0.770. The molecule has 0 aliphatic carbocycles. The van der Waals surface area contributed by atoms with Crippen LogP contribution in [-0.4, -0.2) is 62.1 Å². The van der Waals surface area contributed by atoms with Crippen molar-refractivity contribution in [1.29, 1.82) is 0 Å². The van der Waals surface area contributed by atoms with Gasteiger partial charge in [0.15, 0.2) is 5.96 Å². The van der Waals surface area contributed by atoms with Crippen molar-refractivity contribution in [2.75, 3.05) is 46.3 Å². The van der Waals surface area contributed by atoms with Gasteiger partial charge in [0.25, 0.3) is 0 Å². The van der Waals surface area contributed by atoms with Crippen molar-refractivity contribution in [3.63, 3.8) is 0 Å². The van der Waals surface area contributed by atoms with Crippen molar-refractivity contribution in [2.45, 2.75) is 39.5 Å². The van der Waals surface area contributed by atoms with E-state index in [9.17, 15) is 0 Å². The summed E-state index contributed by atoms with van der Waals surface area (Å²) in [5.74, 6) is 2.79. The summed E-state index contributed by atoms with van der Waals surface area (Å²) in [7, 11) is 1.92. The summed E-state index contributed by atoms with van der Waals surface area (Å²) in [4.78, 5) is 9.50. The van der Waals surface area contributed by atoms with E-state index in [2.05, 4.69) is 34.0 Å². The molecule has 0 spiro atoms. The van der Waals surface area contributed by atoms with Crippen molar-refractivity contribution < 1.29 is 0 Å². The summed E-state index contributed by atoms with van der Waals surface area (Å²) in [6.45, 7) is 11.8. The highest BCUT2D eigenvalue weighted by molar-refractivity contribution is 5.79. The van der Waals surface area contributed by atoms with Gasteiger partial charge in [0.05, 0.1) is 0 Å². The minimum atomic E-state index is 0.794. The van der Waals surface area contributed by atoms with Gasteiger partial charge < -0.3 is 15.1 Å². The lowest BCUT2D eigenvalue weighted by Crippen LogP contribution is -2.46. The standard InChI is InChI=1S/C16H32N4/c1-4-8-19-9-7-15(13-19)12-18-16(17-3)20-10-5-14(2)6-11-20/h14-15H,4-13H2,1-3H3,(H,17,18). The van der Waals surface area contributed by atoms with E-state index in [0.717, 1.165) is 37.4 Å². The number of guanidine groups is 1. The van der Waals surface area contributed by atoms with Crippen LogP contribution in [0.25, 0.3) is 0 Å². The van der Waals surface area contributed by atoms with E-state index in [1.807, 2.05) is 7.05 Å². The van der Waals surface area contributed by atoms with Crippen LogP contribution in [0.1, 0.15) is 39.5 Å². The Morgan fingerprint density at radius 3 is 2.60 bits per heavy atom. The van der Waals surface area contributed by atoms with E-state index in [1.54, 1.807) is 0 Å². The lowest BCUT2D eigenvalue weighted by Gasteiger charge is -2.33. The van der Waals surface area contributed by atoms with E-state index < -0.39 is 0 Å². The summed E-state index contributed by atoms with van der Waals surface area (Å²) in [5, 5.41) is 3.61. The van der Waals surface area contributed by atoms with Crippen molar-refractivity contribution in [1.82, 2.24) is 15.1 Å². The van der Waals surface area contributed by atoms with Crippen LogP contribution in [-0.2, 0) is 0 Å². The molecule has 2 rings (SSSR count). The number of nitrogens with one attached hydrogen (secondary N) is 1. The second-order valence-corrected chi connectivity index (χ2v) is 6.55. The third kappa shape index (κ3) is 4.37. The van der Waals surface area contributed by atoms with Gasteiger partial charge in [-0.1, -0.05) is 13.8 Å². The summed E-state index contributed by atoms with van der Waals surface area (Å²) in [6, 6.07) is 0. The van der Waals surface area contributed by atoms with Crippen molar-refractivity contribution in [3.8, 4) is 0 Å². The summed E-state index contributed by atoms with van der Waals surface area (Å²) in [6.07, 6.45) is 5.21. The predicted octanol–water partition coefficient (Wildman–Crippen LogP) is 2.03. The Morgan fingerprint density at radius 2 is 1.95 bits per heavy atom. The second kappa shape index (κ2) is 7.87. The molecule has 1 atom stereocenters. The zero-order valence-corrected chi connectivity index (χ0v) is 13.6. The van der Waals surface area contributed by atoms with Crippen LogP contribution in [0.5, 0.6) is 0 Å². The molecular formula is C16H32N4. The van der Waals surface area contributed by atoms with Crippen molar-refractivity contribution >= 4 is 5.96 Å². The van der Waals surface area contributed by atoms with E-state index >= 15 is 0 Å². The number of likely N-dealkylation sites (tertiary alicyclic amines) is 2. The van der Waals surface area contributed by atoms with Crippen LogP contribution in [0.15, 0.2) is 4.99 Å². The molecule has 116 valence electrons. The molecule has 1 N–H and O–H groups in total. The molecule has 2 saturated heterocycles. The van der Waals surface area contributed by atoms with Crippen LogP contribution in [0.2, 0.25) is 0 Å². The molecule has 2 fully saturated rings. The molecule has 0 saturated carbocycles. The minimum Gasteiger partial charge on any atom is -0.356 e. The summed E-state index contributed by atoms with van der Waals surface area (Å²) >= 11 is 0. The van der Waals surface area contributed by atoms with Gasteiger partial charge in [-0.25, -0.2) is 0 Å². The number of piperidine rings is 1. The Balaban J connectivity index is 1.72. The van der Waals surface area contributed by atoms with Gasteiger partial charge >= 0.3 is 0 Å². The topological polar surface area (TPSA) is 30.9 Å². The van der Waals surface area contributed by atoms with E-state index in [-0.39, 0.29) is 0 Å². The van der Waals surface area contributed by atoms with Gasteiger partial charge in [-0.05, 0) is 50.6 Å². The predicted molar refractivity (Wildman–Crippen MR) is 86.2 cm³/mol. The molecule has 4 heteroatoms. The van der Waals surface area contributed by atoms with Gasteiger partial charge in [0.1, 0.15) is 0 Å². The highest BCUT2D eigenvalue weighted by Crippen LogP contribution is 2.17. The van der Waals surface area contributed by atoms with E-state index in [4.69, 9.17) is 0 Å². The normalized spacial score (nSPS) is 26.2. The molecule has 20 heavy (non-hydrogen) atoms. The van der Waals surface area contributed by atoms with Gasteiger partial charge in [0.2, 0.25) is 0 Å². The molecule has 4 nitrogen and oxygen atoms in total. The Labute approximate surface area is 124 Å². The Bertz CT molecular complexity index is 308. The molecule has 0 bridgehead atoms. The first-order valence-electron chi connectivity index (χ1n) is 8.40. The molecule has 0 amide bonds. The van der Waals surface area contributed by atoms with Crippen LogP contribution >= 0.6 is 0 Å². The lowest BCUT2D eigenvalue weighted by atomic mass is 9.99. The van der Waals surface area contributed by atoms with Gasteiger partial charge in [-0.3, -0.25) is 4.99 Å². The second-order valence-electron chi connectivity index (χ2n) is 6.55. The maximum absolute atomic E-state index is 4.47. The number of hydrogen-bond acceptors (Lipinski definition) is 2. The van der Waals surface area contributed by atoms with E-state index in [1.165, 1.54) is 45.3 Å². The van der Waals surface area contributed by atoms with Crippen LogP contribution in [0.3, 0.4) is 0 Å². The summed E-state index contributed by atoms with van der Waals surface area (Å²) < 4.78 is 0. The largest absolute Gasteiger partial charge is 0.356 e. The fraction of sp³-hybridized carbons (Fsp3) is 0.938. The molecular weight excluding hydrogens is 248 g/mol. The highest BCUT2D eigenvalue weighted by atomic mass is 15.3. The number of aliphatic imine (C=N–C) groups is 1. The van der Waals surface area contributed by atoms with Gasteiger partial charge in [-0.15, -0.1) is 0 Å². The van der Waals surface area contributed by atoms with Gasteiger partial charge in [-0.2, -0.15) is 0 Å². The zero-order valence-electron chi connectivity index (χ0n) is 13.6. The van der Waals surface area contributed by atoms with Crippen LogP contribution < -0.4 is 5.32 Å². The van der Waals surface area contributed by atoms with E-state index in [0.29, 0.717) is 0 Å². The number of nitrogens with zero attached hydrogens (tertiary/aromatic N) is 3.